The van der Waals surface area contributed by atoms with E-state index >= 15 is 0 Å². The van der Waals surface area contributed by atoms with Crippen LogP contribution in [-0.4, -0.2) is 63.2 Å². The molecule has 0 fully saturated rings. The summed E-state index contributed by atoms with van der Waals surface area (Å²) in [6, 6.07) is 6.26. The number of hydrogen-bond donors (Lipinski definition) is 2. The van der Waals surface area contributed by atoms with Crippen molar-refractivity contribution in [3.8, 4) is 0 Å². The van der Waals surface area contributed by atoms with Gasteiger partial charge in [0.1, 0.15) is 36.0 Å². The second kappa shape index (κ2) is 11.7. The number of anilines is 3. The van der Waals surface area contributed by atoms with E-state index < -0.39 is 10.7 Å². The molecular formula is C26H27BrFN8O3+. The van der Waals surface area contributed by atoms with Crippen LogP contribution in [0.5, 0.6) is 0 Å². The second-order valence-corrected chi connectivity index (χ2v) is 10.5. The molecule has 39 heavy (non-hydrogen) atoms. The van der Waals surface area contributed by atoms with E-state index in [-0.39, 0.29) is 11.7 Å². The van der Waals surface area contributed by atoms with Crippen molar-refractivity contribution in [2.45, 2.75) is 19.8 Å². The van der Waals surface area contributed by atoms with E-state index in [4.69, 9.17) is 0 Å². The molecule has 0 saturated heterocycles. The molecule has 202 valence electrons. The number of quaternary nitrogens is 1. The van der Waals surface area contributed by atoms with Crippen LogP contribution in [0.2, 0.25) is 0 Å². The van der Waals surface area contributed by atoms with Crippen molar-refractivity contribution in [3.05, 3.63) is 80.7 Å². The fourth-order valence-corrected chi connectivity index (χ4v) is 4.37. The molecule has 3 heterocycles. The van der Waals surface area contributed by atoms with Crippen LogP contribution < -0.4 is 10.6 Å². The van der Waals surface area contributed by atoms with Gasteiger partial charge in [-0.3, -0.25) is 4.79 Å². The molecule has 0 bridgehead atoms. The molecule has 4 rings (SSSR count). The van der Waals surface area contributed by atoms with Gasteiger partial charge in [-0.15, -0.1) is 0 Å². The van der Waals surface area contributed by atoms with Crippen molar-refractivity contribution in [2.24, 2.45) is 4.99 Å². The zero-order valence-electron chi connectivity index (χ0n) is 21.6. The highest BCUT2D eigenvalue weighted by Gasteiger charge is 2.32. The number of aromatic nitrogens is 3. The molecule has 0 saturated carbocycles. The van der Waals surface area contributed by atoms with Crippen LogP contribution in [0.1, 0.15) is 19.8 Å². The number of fused-ring (bicyclic) bond motifs is 1. The zero-order valence-corrected chi connectivity index (χ0v) is 23.2. The number of benzene rings is 1. The molecule has 2 N–H and O–H groups in total. The molecule has 3 aromatic rings. The summed E-state index contributed by atoms with van der Waals surface area (Å²) >= 11 is 3.13. The van der Waals surface area contributed by atoms with Crippen molar-refractivity contribution < 1.29 is 18.6 Å². The normalized spacial score (nSPS) is 13.7. The molecule has 2 aromatic heterocycles. The third-order valence-corrected chi connectivity index (χ3v) is 6.66. The van der Waals surface area contributed by atoms with E-state index in [1.807, 2.05) is 21.0 Å². The number of aliphatic imine (C=N–C) groups is 1. The molecule has 0 atom stereocenters. The van der Waals surface area contributed by atoms with E-state index in [2.05, 4.69) is 46.5 Å². The Morgan fingerprint density at radius 2 is 2.05 bits per heavy atom. The van der Waals surface area contributed by atoms with Gasteiger partial charge in [-0.05, 0) is 56.2 Å². The van der Waals surface area contributed by atoms with E-state index in [0.29, 0.717) is 68.7 Å². The van der Waals surface area contributed by atoms with E-state index in [1.165, 1.54) is 24.7 Å². The largest absolute Gasteiger partial charge is 0.368 e. The number of rotatable bonds is 10. The highest BCUT2D eigenvalue weighted by atomic mass is 79.9. The third kappa shape index (κ3) is 7.06. The first-order valence-corrected chi connectivity index (χ1v) is 12.9. The van der Waals surface area contributed by atoms with Crippen molar-refractivity contribution in [1.29, 1.82) is 0 Å². The van der Waals surface area contributed by atoms with Crippen molar-refractivity contribution in [1.82, 2.24) is 15.0 Å². The number of amides is 1. The van der Waals surface area contributed by atoms with Gasteiger partial charge in [0, 0.05) is 30.0 Å². The van der Waals surface area contributed by atoms with Crippen LogP contribution >= 0.6 is 15.9 Å². The number of pyridine rings is 1. The van der Waals surface area contributed by atoms with E-state index in [9.17, 15) is 19.3 Å². The average Bonchev–Trinajstić information content (AvgIpc) is 3.29. The topological polar surface area (TPSA) is 135 Å². The second-order valence-electron chi connectivity index (χ2n) is 9.62. The summed E-state index contributed by atoms with van der Waals surface area (Å²) in [4.78, 5) is 40.4. The molecule has 11 nitrogen and oxygen atoms in total. The predicted octanol–water partition coefficient (Wildman–Crippen LogP) is 4.98. The molecule has 0 aliphatic carbocycles. The Kier molecular flexibility index (Phi) is 8.41. The van der Waals surface area contributed by atoms with Gasteiger partial charge in [0.25, 0.3) is 0 Å². The molecule has 0 unspecified atom stereocenters. The summed E-state index contributed by atoms with van der Waals surface area (Å²) in [6.45, 7) is 2.85. The summed E-state index contributed by atoms with van der Waals surface area (Å²) in [5, 5.41) is 17.8. The lowest BCUT2D eigenvalue weighted by molar-refractivity contribution is -0.880. The first-order valence-electron chi connectivity index (χ1n) is 12.1. The summed E-state index contributed by atoms with van der Waals surface area (Å²) < 4.78 is 14.7. The Labute approximate surface area is 232 Å². The predicted molar refractivity (Wildman–Crippen MR) is 151 cm³/mol. The maximum absolute atomic E-state index is 13.9. The van der Waals surface area contributed by atoms with Gasteiger partial charge in [-0.2, -0.15) is 0 Å². The SMILES string of the molecule is CCC1=NC([N+](=O)[O-])=C(C[N+](C)(C)C/C=C/C(=O)Nc2cc3c(Nc4ccc(Br)c(F)c4)ncnc3cn2)C1. The van der Waals surface area contributed by atoms with Crippen molar-refractivity contribution in [2.75, 3.05) is 37.8 Å². The molecule has 13 heteroatoms. The van der Waals surface area contributed by atoms with Gasteiger partial charge >= 0.3 is 5.82 Å². The van der Waals surface area contributed by atoms with Gasteiger partial charge in [-0.25, -0.2) is 19.3 Å². The number of nitrogens with zero attached hydrogens (tertiary/aromatic N) is 6. The average molecular weight is 598 g/mol. The Hall–Kier alpha value is -4.10. The minimum absolute atomic E-state index is 0.0646. The number of nitrogens with one attached hydrogen (secondary N) is 2. The fourth-order valence-electron chi connectivity index (χ4n) is 4.13. The summed E-state index contributed by atoms with van der Waals surface area (Å²) in [5.74, 6) is -0.142. The minimum atomic E-state index is -0.430. The first-order chi connectivity index (χ1) is 18.5. The van der Waals surface area contributed by atoms with Crippen LogP contribution in [0, 0.1) is 15.9 Å². The number of likely N-dealkylation sites (N-methyl/N-ethyl adjacent to an activating group) is 1. The van der Waals surface area contributed by atoms with Crippen LogP contribution in [0.25, 0.3) is 10.9 Å². The Morgan fingerprint density at radius 3 is 2.77 bits per heavy atom. The highest BCUT2D eigenvalue weighted by molar-refractivity contribution is 9.10. The molecule has 1 aliphatic rings. The van der Waals surface area contributed by atoms with E-state index in [1.54, 1.807) is 24.3 Å². The maximum Gasteiger partial charge on any atom is 0.368 e. The highest BCUT2D eigenvalue weighted by Crippen LogP contribution is 2.27. The van der Waals surface area contributed by atoms with Crippen molar-refractivity contribution in [3.63, 3.8) is 0 Å². The number of halogens is 2. The number of carbonyl (C=O) groups excluding carboxylic acids is 1. The lowest BCUT2D eigenvalue weighted by atomic mass is 10.1. The van der Waals surface area contributed by atoms with Gasteiger partial charge in [0.05, 0.1) is 42.4 Å². The summed E-state index contributed by atoms with van der Waals surface area (Å²) in [6.07, 6.45) is 7.18. The molecule has 1 amide bonds. The molecule has 0 spiro atoms. The van der Waals surface area contributed by atoms with Crippen LogP contribution in [0.15, 0.2) is 69.8 Å². The number of hydrogen-bond acceptors (Lipinski definition) is 8. The lowest BCUT2D eigenvalue weighted by Gasteiger charge is -2.28. The quantitative estimate of drug-likeness (QED) is 0.145. The Bertz CT molecular complexity index is 1540. The summed E-state index contributed by atoms with van der Waals surface area (Å²) in [7, 11) is 3.88. The maximum atomic E-state index is 13.9. The fraction of sp³-hybridized carbons (Fsp3) is 0.269. The van der Waals surface area contributed by atoms with Gasteiger partial charge < -0.3 is 25.2 Å². The molecule has 0 radical (unpaired) electrons. The van der Waals surface area contributed by atoms with Gasteiger partial charge in [0.15, 0.2) is 0 Å². The minimum Gasteiger partial charge on any atom is -0.358 e. The Morgan fingerprint density at radius 1 is 1.26 bits per heavy atom. The third-order valence-electron chi connectivity index (χ3n) is 6.02. The van der Waals surface area contributed by atoms with Gasteiger partial charge in [-0.1, -0.05) is 6.92 Å². The van der Waals surface area contributed by atoms with Crippen LogP contribution in [0.4, 0.5) is 21.7 Å². The number of carbonyl (C=O) groups is 1. The van der Waals surface area contributed by atoms with Crippen molar-refractivity contribution >= 4 is 55.8 Å². The molecular weight excluding hydrogens is 571 g/mol. The zero-order chi connectivity index (χ0) is 28.2. The van der Waals surface area contributed by atoms with Crippen LogP contribution in [0.3, 0.4) is 0 Å². The first kappa shape index (κ1) is 27.9. The standard InChI is InChI=1S/C26H26BrFN8O3/c1-4-17-10-16(26(33-17)35(38)39)14-36(2,3)9-5-6-24(37)34-23-12-19-22(13-29-23)30-15-31-25(19)32-18-7-8-20(27)21(28)11-18/h5-8,11-13,15H,4,9-10,14H2,1-3H3,(H-,29,30,31,32,34,37)/p+1/b6-5+. The van der Waals surface area contributed by atoms with E-state index in [0.717, 1.165) is 5.71 Å². The molecule has 1 aromatic carbocycles. The Balaban J connectivity index is 1.41. The monoisotopic (exact) mass is 597 g/mol. The lowest BCUT2D eigenvalue weighted by Crippen LogP contribution is -2.41. The van der Waals surface area contributed by atoms with Gasteiger partial charge in [0.2, 0.25) is 5.91 Å². The molecule has 1 aliphatic heterocycles. The number of nitro groups is 1. The smallest absolute Gasteiger partial charge is 0.358 e. The van der Waals surface area contributed by atoms with Crippen LogP contribution in [-0.2, 0) is 4.79 Å². The summed E-state index contributed by atoms with van der Waals surface area (Å²) in [5.41, 5.74) is 2.54.